The molecule has 0 saturated heterocycles. The Labute approximate surface area is 85.3 Å². The summed E-state index contributed by atoms with van der Waals surface area (Å²) in [7, 11) is 0. The van der Waals surface area contributed by atoms with Gasteiger partial charge in [0.15, 0.2) is 0 Å². The fourth-order valence-electron chi connectivity index (χ4n) is 2.18. The van der Waals surface area contributed by atoms with Crippen LogP contribution < -0.4 is 0 Å². The first-order valence-corrected chi connectivity index (χ1v) is 6.22. The molecule has 12 heavy (non-hydrogen) atoms. The van der Waals surface area contributed by atoms with Gasteiger partial charge in [0.2, 0.25) is 0 Å². The van der Waals surface area contributed by atoms with Gasteiger partial charge in [-0.1, -0.05) is 36.7 Å². The Balaban J connectivity index is 2.36. The highest BCUT2D eigenvalue weighted by molar-refractivity contribution is 9.09. The molecular formula is C11H21Br. The van der Waals surface area contributed by atoms with E-state index in [1.165, 1.54) is 31.0 Å². The molecule has 0 amide bonds. The minimum atomic E-state index is 0.539. The normalized spacial score (nSPS) is 32.0. The SMILES string of the molecule is CC(C)(C)C1CCC(CBr)CC1. The van der Waals surface area contributed by atoms with Crippen molar-refractivity contribution in [2.75, 3.05) is 5.33 Å². The monoisotopic (exact) mass is 232 g/mol. The van der Waals surface area contributed by atoms with Gasteiger partial charge in [0.1, 0.15) is 0 Å². The lowest BCUT2D eigenvalue weighted by atomic mass is 9.70. The average Bonchev–Trinajstić information content (AvgIpc) is 2.03. The Kier molecular flexibility index (Phi) is 3.63. The highest BCUT2D eigenvalue weighted by atomic mass is 79.9. The summed E-state index contributed by atoms with van der Waals surface area (Å²) in [5, 5.41) is 1.21. The second-order valence-corrected chi connectivity index (χ2v) is 5.89. The standard InChI is InChI=1S/C11H21Br/c1-11(2,3)10-6-4-9(8-12)5-7-10/h9-10H,4-8H2,1-3H3. The predicted octanol–water partition coefficient (Wildman–Crippen LogP) is 4.23. The molecule has 1 fully saturated rings. The molecule has 0 radical (unpaired) electrons. The highest BCUT2D eigenvalue weighted by Crippen LogP contribution is 2.39. The van der Waals surface area contributed by atoms with Crippen molar-refractivity contribution in [1.82, 2.24) is 0 Å². The molecule has 0 aromatic carbocycles. The fraction of sp³-hybridized carbons (Fsp3) is 1.00. The van der Waals surface area contributed by atoms with E-state index in [0.717, 1.165) is 11.8 Å². The summed E-state index contributed by atoms with van der Waals surface area (Å²) in [4.78, 5) is 0. The van der Waals surface area contributed by atoms with Gasteiger partial charge in [-0.3, -0.25) is 0 Å². The van der Waals surface area contributed by atoms with Gasteiger partial charge in [-0.05, 0) is 42.9 Å². The van der Waals surface area contributed by atoms with Crippen molar-refractivity contribution in [3.05, 3.63) is 0 Å². The molecule has 0 nitrogen and oxygen atoms in total. The smallest absolute Gasteiger partial charge is 0.00596 e. The molecular weight excluding hydrogens is 212 g/mol. The molecule has 0 aromatic heterocycles. The minimum Gasteiger partial charge on any atom is -0.0925 e. The molecule has 0 atom stereocenters. The van der Waals surface area contributed by atoms with E-state index in [4.69, 9.17) is 0 Å². The van der Waals surface area contributed by atoms with Gasteiger partial charge in [0.05, 0.1) is 0 Å². The summed E-state index contributed by atoms with van der Waals surface area (Å²) in [5.74, 6) is 1.93. The Morgan fingerprint density at radius 3 is 1.92 bits per heavy atom. The van der Waals surface area contributed by atoms with Crippen molar-refractivity contribution in [3.63, 3.8) is 0 Å². The predicted molar refractivity (Wildman–Crippen MR) is 58.7 cm³/mol. The van der Waals surface area contributed by atoms with Crippen molar-refractivity contribution in [1.29, 1.82) is 0 Å². The molecule has 72 valence electrons. The summed E-state index contributed by atoms with van der Waals surface area (Å²) < 4.78 is 0. The number of hydrogen-bond acceptors (Lipinski definition) is 0. The molecule has 0 spiro atoms. The van der Waals surface area contributed by atoms with Gasteiger partial charge in [0, 0.05) is 5.33 Å². The number of rotatable bonds is 1. The lowest BCUT2D eigenvalue weighted by Crippen LogP contribution is -2.26. The molecule has 1 aliphatic carbocycles. The molecule has 1 aliphatic rings. The van der Waals surface area contributed by atoms with Crippen molar-refractivity contribution >= 4 is 15.9 Å². The Morgan fingerprint density at radius 2 is 1.58 bits per heavy atom. The Bertz CT molecular complexity index is 126. The number of halogens is 1. The van der Waals surface area contributed by atoms with Crippen molar-refractivity contribution < 1.29 is 0 Å². The molecule has 0 unspecified atom stereocenters. The zero-order valence-electron chi connectivity index (χ0n) is 8.57. The number of alkyl halides is 1. The van der Waals surface area contributed by atoms with Crippen LogP contribution in [-0.4, -0.2) is 5.33 Å². The molecule has 1 rings (SSSR count). The quantitative estimate of drug-likeness (QED) is 0.594. The van der Waals surface area contributed by atoms with Crippen LogP contribution in [0.5, 0.6) is 0 Å². The first-order valence-electron chi connectivity index (χ1n) is 5.10. The molecule has 0 bridgehead atoms. The summed E-state index contributed by atoms with van der Waals surface area (Å²) in [6, 6.07) is 0. The van der Waals surface area contributed by atoms with E-state index >= 15 is 0 Å². The third kappa shape index (κ3) is 2.76. The summed E-state index contributed by atoms with van der Waals surface area (Å²) in [5.41, 5.74) is 0.539. The van der Waals surface area contributed by atoms with E-state index in [1.807, 2.05) is 0 Å². The molecule has 0 N–H and O–H groups in total. The number of hydrogen-bond donors (Lipinski definition) is 0. The molecule has 0 heterocycles. The van der Waals surface area contributed by atoms with Crippen LogP contribution in [0.25, 0.3) is 0 Å². The van der Waals surface area contributed by atoms with E-state index in [1.54, 1.807) is 0 Å². The maximum Gasteiger partial charge on any atom is 0.00596 e. The van der Waals surface area contributed by atoms with Crippen molar-refractivity contribution in [3.8, 4) is 0 Å². The van der Waals surface area contributed by atoms with E-state index in [2.05, 4.69) is 36.7 Å². The highest BCUT2D eigenvalue weighted by Gasteiger charge is 2.28. The average molecular weight is 233 g/mol. The van der Waals surface area contributed by atoms with Gasteiger partial charge in [-0.25, -0.2) is 0 Å². The van der Waals surface area contributed by atoms with E-state index in [0.29, 0.717) is 5.41 Å². The second-order valence-electron chi connectivity index (χ2n) is 5.24. The summed E-state index contributed by atoms with van der Waals surface area (Å²) >= 11 is 3.58. The topological polar surface area (TPSA) is 0 Å². The molecule has 0 aromatic rings. The van der Waals surface area contributed by atoms with Gasteiger partial charge < -0.3 is 0 Å². The summed E-state index contributed by atoms with van der Waals surface area (Å²) in [6.07, 6.45) is 5.76. The fourth-order valence-corrected chi connectivity index (χ4v) is 2.83. The maximum absolute atomic E-state index is 3.58. The van der Waals surface area contributed by atoms with Crippen LogP contribution >= 0.6 is 15.9 Å². The van der Waals surface area contributed by atoms with Gasteiger partial charge >= 0.3 is 0 Å². The van der Waals surface area contributed by atoms with Gasteiger partial charge in [0.25, 0.3) is 0 Å². The summed E-state index contributed by atoms with van der Waals surface area (Å²) in [6.45, 7) is 7.14. The largest absolute Gasteiger partial charge is 0.0925 e. The van der Waals surface area contributed by atoms with Crippen molar-refractivity contribution in [2.45, 2.75) is 46.5 Å². The van der Waals surface area contributed by atoms with E-state index in [-0.39, 0.29) is 0 Å². The lowest BCUT2D eigenvalue weighted by Gasteiger charge is -2.36. The zero-order chi connectivity index (χ0) is 9.19. The van der Waals surface area contributed by atoms with Crippen molar-refractivity contribution in [2.24, 2.45) is 17.3 Å². The van der Waals surface area contributed by atoms with Crippen LogP contribution in [0.1, 0.15) is 46.5 Å². The van der Waals surface area contributed by atoms with Crippen LogP contribution in [0.2, 0.25) is 0 Å². The van der Waals surface area contributed by atoms with Crippen LogP contribution in [0, 0.1) is 17.3 Å². The van der Waals surface area contributed by atoms with E-state index in [9.17, 15) is 0 Å². The second kappa shape index (κ2) is 4.13. The molecule has 1 heteroatoms. The van der Waals surface area contributed by atoms with Crippen LogP contribution in [-0.2, 0) is 0 Å². The van der Waals surface area contributed by atoms with Gasteiger partial charge in [-0.15, -0.1) is 0 Å². The third-order valence-electron chi connectivity index (χ3n) is 3.29. The van der Waals surface area contributed by atoms with Crippen LogP contribution in [0.4, 0.5) is 0 Å². The Morgan fingerprint density at radius 1 is 1.08 bits per heavy atom. The minimum absolute atomic E-state index is 0.539. The molecule has 1 saturated carbocycles. The molecule has 0 aliphatic heterocycles. The zero-order valence-corrected chi connectivity index (χ0v) is 10.2. The first kappa shape index (κ1) is 10.6. The lowest BCUT2D eigenvalue weighted by molar-refractivity contribution is 0.157. The third-order valence-corrected chi connectivity index (χ3v) is 4.21. The van der Waals surface area contributed by atoms with Crippen LogP contribution in [0.15, 0.2) is 0 Å². The van der Waals surface area contributed by atoms with Gasteiger partial charge in [-0.2, -0.15) is 0 Å². The van der Waals surface area contributed by atoms with E-state index < -0.39 is 0 Å². The Hall–Kier alpha value is 0.480. The first-order chi connectivity index (χ1) is 5.54. The maximum atomic E-state index is 3.58. The van der Waals surface area contributed by atoms with Crippen LogP contribution in [0.3, 0.4) is 0 Å².